The number of ether oxygens (including phenoxy) is 2. The van der Waals surface area contributed by atoms with Crippen LogP contribution < -0.4 is 4.74 Å². The Hall–Kier alpha value is -2.26. The van der Waals surface area contributed by atoms with E-state index >= 15 is 0 Å². The Bertz CT molecular complexity index is 716. The van der Waals surface area contributed by atoms with Gasteiger partial charge in [-0.25, -0.2) is 0 Å². The molecule has 0 radical (unpaired) electrons. The van der Waals surface area contributed by atoms with Gasteiger partial charge in [0.15, 0.2) is 0 Å². The van der Waals surface area contributed by atoms with Crippen molar-refractivity contribution in [2.75, 3.05) is 20.3 Å². The largest absolute Gasteiger partial charge is 0.493 e. The summed E-state index contributed by atoms with van der Waals surface area (Å²) in [5, 5.41) is 1.25. The number of nitrogens with one attached hydrogen (secondary N) is 1. The second kappa shape index (κ2) is 7.14. The summed E-state index contributed by atoms with van der Waals surface area (Å²) in [6, 6.07) is 16.8. The predicted molar refractivity (Wildman–Crippen MR) is 89.5 cm³/mol. The minimum absolute atomic E-state index is 0.688. The van der Waals surface area contributed by atoms with Gasteiger partial charge in [-0.15, -0.1) is 0 Å². The number of aromatic nitrogens is 1. The van der Waals surface area contributed by atoms with Gasteiger partial charge in [-0.3, -0.25) is 0 Å². The van der Waals surface area contributed by atoms with Crippen LogP contribution in [0.2, 0.25) is 0 Å². The van der Waals surface area contributed by atoms with E-state index in [1.807, 2.05) is 18.3 Å². The van der Waals surface area contributed by atoms with E-state index in [0.717, 1.165) is 25.2 Å². The molecule has 0 saturated carbocycles. The van der Waals surface area contributed by atoms with Crippen molar-refractivity contribution in [3.05, 3.63) is 65.9 Å². The zero-order valence-corrected chi connectivity index (χ0v) is 12.8. The standard InChI is InChI=1S/C19H21NO2/c1-21-12-9-15-2-5-18(6-3-15)22-13-10-16-4-7-19-17(14-16)8-11-20-19/h2-8,11,14,20H,9-10,12-13H2,1H3. The number of rotatable bonds is 7. The van der Waals surface area contributed by atoms with Crippen molar-refractivity contribution < 1.29 is 9.47 Å². The lowest BCUT2D eigenvalue weighted by molar-refractivity contribution is 0.202. The number of hydrogen-bond donors (Lipinski definition) is 1. The molecule has 0 saturated heterocycles. The van der Waals surface area contributed by atoms with Crippen LogP contribution >= 0.6 is 0 Å². The number of hydrogen-bond acceptors (Lipinski definition) is 2. The first kappa shape index (κ1) is 14.7. The van der Waals surface area contributed by atoms with Gasteiger partial charge in [0.1, 0.15) is 5.75 Å². The third kappa shape index (κ3) is 3.68. The molecule has 0 atom stereocenters. The lowest BCUT2D eigenvalue weighted by Gasteiger charge is -2.07. The molecule has 1 N–H and O–H groups in total. The van der Waals surface area contributed by atoms with Crippen LogP contribution in [0.25, 0.3) is 10.9 Å². The molecule has 114 valence electrons. The maximum Gasteiger partial charge on any atom is 0.119 e. The third-order valence-corrected chi connectivity index (χ3v) is 3.80. The van der Waals surface area contributed by atoms with Crippen LogP contribution in [0.15, 0.2) is 54.7 Å². The molecule has 2 aromatic carbocycles. The van der Waals surface area contributed by atoms with Gasteiger partial charge in [-0.2, -0.15) is 0 Å². The van der Waals surface area contributed by atoms with Gasteiger partial charge in [0.25, 0.3) is 0 Å². The molecule has 0 aliphatic rings. The van der Waals surface area contributed by atoms with Gasteiger partial charge in [0.2, 0.25) is 0 Å². The van der Waals surface area contributed by atoms with Crippen LogP contribution in [0, 0.1) is 0 Å². The fraction of sp³-hybridized carbons (Fsp3) is 0.263. The molecule has 1 aromatic heterocycles. The second-order valence-electron chi connectivity index (χ2n) is 5.38. The Morgan fingerprint density at radius 3 is 2.45 bits per heavy atom. The molecule has 1 heterocycles. The van der Waals surface area contributed by atoms with Crippen molar-refractivity contribution >= 4 is 10.9 Å². The molecule has 3 nitrogen and oxygen atoms in total. The highest BCUT2D eigenvalue weighted by atomic mass is 16.5. The molecule has 3 heteroatoms. The lowest BCUT2D eigenvalue weighted by atomic mass is 10.1. The van der Waals surface area contributed by atoms with Gasteiger partial charge in [0, 0.05) is 25.2 Å². The van der Waals surface area contributed by atoms with Crippen molar-refractivity contribution in [3.63, 3.8) is 0 Å². The third-order valence-electron chi connectivity index (χ3n) is 3.80. The summed E-state index contributed by atoms with van der Waals surface area (Å²) < 4.78 is 10.9. The molecular formula is C19H21NO2. The first-order valence-electron chi connectivity index (χ1n) is 7.62. The Balaban J connectivity index is 1.51. The van der Waals surface area contributed by atoms with Gasteiger partial charge in [-0.1, -0.05) is 18.2 Å². The monoisotopic (exact) mass is 295 g/mol. The topological polar surface area (TPSA) is 34.2 Å². The van der Waals surface area contributed by atoms with Gasteiger partial charge < -0.3 is 14.5 Å². The van der Waals surface area contributed by atoms with Crippen LogP contribution in [0.5, 0.6) is 5.75 Å². The van der Waals surface area contributed by atoms with Crippen LogP contribution in [-0.4, -0.2) is 25.3 Å². The first-order chi connectivity index (χ1) is 10.8. The smallest absolute Gasteiger partial charge is 0.119 e. The second-order valence-corrected chi connectivity index (χ2v) is 5.38. The van der Waals surface area contributed by atoms with Crippen molar-refractivity contribution in [3.8, 4) is 5.75 Å². The average Bonchev–Trinajstić information content (AvgIpc) is 3.02. The zero-order chi connectivity index (χ0) is 15.2. The maximum absolute atomic E-state index is 5.82. The number of benzene rings is 2. The Morgan fingerprint density at radius 1 is 0.864 bits per heavy atom. The number of H-pyrrole nitrogens is 1. The van der Waals surface area contributed by atoms with Gasteiger partial charge in [0.05, 0.1) is 13.2 Å². The minimum Gasteiger partial charge on any atom is -0.493 e. The molecule has 0 spiro atoms. The molecule has 0 aliphatic carbocycles. The van der Waals surface area contributed by atoms with E-state index in [1.54, 1.807) is 7.11 Å². The maximum atomic E-state index is 5.82. The fourth-order valence-electron chi connectivity index (χ4n) is 2.52. The molecule has 22 heavy (non-hydrogen) atoms. The molecule has 3 aromatic rings. The molecule has 0 amide bonds. The summed E-state index contributed by atoms with van der Waals surface area (Å²) in [6.07, 6.45) is 3.82. The van der Waals surface area contributed by atoms with Crippen molar-refractivity contribution in [1.82, 2.24) is 4.98 Å². The Morgan fingerprint density at radius 2 is 1.64 bits per heavy atom. The summed E-state index contributed by atoms with van der Waals surface area (Å²) in [7, 11) is 1.72. The normalized spacial score (nSPS) is 11.0. The number of methoxy groups -OCH3 is 1. The molecule has 0 unspecified atom stereocenters. The summed E-state index contributed by atoms with van der Waals surface area (Å²) >= 11 is 0. The minimum atomic E-state index is 0.688. The zero-order valence-electron chi connectivity index (χ0n) is 12.8. The van der Waals surface area contributed by atoms with Crippen LogP contribution in [0.4, 0.5) is 0 Å². The summed E-state index contributed by atoms with van der Waals surface area (Å²) in [6.45, 7) is 1.44. The van der Waals surface area contributed by atoms with E-state index in [2.05, 4.69) is 41.4 Å². The Labute approximate surface area is 130 Å². The van der Waals surface area contributed by atoms with Crippen molar-refractivity contribution in [1.29, 1.82) is 0 Å². The van der Waals surface area contributed by atoms with E-state index < -0.39 is 0 Å². The summed E-state index contributed by atoms with van der Waals surface area (Å²) in [5.74, 6) is 0.920. The SMILES string of the molecule is COCCc1ccc(OCCc2ccc3[nH]ccc3c2)cc1. The highest BCUT2D eigenvalue weighted by Gasteiger charge is 1.99. The van der Waals surface area contributed by atoms with Crippen molar-refractivity contribution in [2.45, 2.75) is 12.8 Å². The van der Waals surface area contributed by atoms with E-state index in [4.69, 9.17) is 9.47 Å². The number of aromatic amines is 1. The van der Waals surface area contributed by atoms with Crippen LogP contribution in [0.3, 0.4) is 0 Å². The van der Waals surface area contributed by atoms with Crippen LogP contribution in [-0.2, 0) is 17.6 Å². The quantitative estimate of drug-likeness (QED) is 0.715. The first-order valence-corrected chi connectivity index (χ1v) is 7.62. The molecule has 0 fully saturated rings. The molecule has 0 aliphatic heterocycles. The highest BCUT2D eigenvalue weighted by Crippen LogP contribution is 2.16. The molecule has 3 rings (SSSR count). The average molecular weight is 295 g/mol. The van der Waals surface area contributed by atoms with Gasteiger partial charge >= 0.3 is 0 Å². The van der Waals surface area contributed by atoms with E-state index in [9.17, 15) is 0 Å². The predicted octanol–water partition coefficient (Wildman–Crippen LogP) is 3.98. The lowest BCUT2D eigenvalue weighted by Crippen LogP contribution is -2.01. The van der Waals surface area contributed by atoms with Crippen molar-refractivity contribution in [2.24, 2.45) is 0 Å². The van der Waals surface area contributed by atoms with Crippen LogP contribution in [0.1, 0.15) is 11.1 Å². The van der Waals surface area contributed by atoms with E-state index in [1.165, 1.54) is 22.0 Å². The van der Waals surface area contributed by atoms with Gasteiger partial charge in [-0.05, 0) is 53.3 Å². The van der Waals surface area contributed by atoms with E-state index in [0.29, 0.717) is 6.61 Å². The fourth-order valence-corrected chi connectivity index (χ4v) is 2.52. The Kier molecular flexibility index (Phi) is 4.76. The molecular weight excluding hydrogens is 274 g/mol. The molecule has 0 bridgehead atoms. The van der Waals surface area contributed by atoms with E-state index in [-0.39, 0.29) is 0 Å². The number of fused-ring (bicyclic) bond motifs is 1. The summed E-state index contributed by atoms with van der Waals surface area (Å²) in [5.41, 5.74) is 3.74. The highest BCUT2D eigenvalue weighted by molar-refractivity contribution is 5.79. The summed E-state index contributed by atoms with van der Waals surface area (Å²) in [4.78, 5) is 3.21.